The summed E-state index contributed by atoms with van der Waals surface area (Å²) in [5, 5.41) is 11.3. The van der Waals surface area contributed by atoms with Crippen molar-refractivity contribution in [3.63, 3.8) is 0 Å². The van der Waals surface area contributed by atoms with Crippen LogP contribution in [0.4, 0.5) is 5.69 Å². The fourth-order valence-electron chi connectivity index (χ4n) is 2.61. The van der Waals surface area contributed by atoms with Crippen molar-refractivity contribution in [2.24, 2.45) is 0 Å². The molecule has 1 amide bonds. The van der Waals surface area contributed by atoms with Crippen LogP contribution < -0.4 is 10.1 Å². The molecule has 8 nitrogen and oxygen atoms in total. The second-order valence-electron chi connectivity index (χ2n) is 5.68. The fraction of sp³-hybridized carbons (Fsp3) is 0.111. The van der Waals surface area contributed by atoms with E-state index in [9.17, 15) is 4.79 Å². The summed E-state index contributed by atoms with van der Waals surface area (Å²) in [5.41, 5.74) is 2.57. The Labute approximate surface area is 149 Å². The van der Waals surface area contributed by atoms with Gasteiger partial charge in [0, 0.05) is 24.7 Å². The molecule has 0 aliphatic rings. The number of ether oxygens (including phenoxy) is 1. The van der Waals surface area contributed by atoms with E-state index >= 15 is 0 Å². The first-order valence-electron chi connectivity index (χ1n) is 7.98. The first-order chi connectivity index (χ1) is 12.7. The zero-order valence-corrected chi connectivity index (χ0v) is 14.0. The van der Waals surface area contributed by atoms with Crippen LogP contribution in [0.5, 0.6) is 5.75 Å². The van der Waals surface area contributed by atoms with E-state index in [4.69, 9.17) is 4.74 Å². The highest BCUT2D eigenvalue weighted by atomic mass is 16.5. The van der Waals surface area contributed by atoms with Crippen molar-refractivity contribution in [1.82, 2.24) is 24.4 Å². The van der Waals surface area contributed by atoms with Crippen LogP contribution in [0.2, 0.25) is 0 Å². The molecule has 4 aromatic rings. The molecule has 3 heterocycles. The van der Waals surface area contributed by atoms with E-state index in [1.54, 1.807) is 53.2 Å². The quantitative estimate of drug-likeness (QED) is 0.598. The third-order valence-corrected chi connectivity index (χ3v) is 3.84. The van der Waals surface area contributed by atoms with E-state index < -0.39 is 0 Å². The van der Waals surface area contributed by atoms with Gasteiger partial charge in [0.2, 0.25) is 0 Å². The van der Waals surface area contributed by atoms with Gasteiger partial charge >= 0.3 is 0 Å². The summed E-state index contributed by atoms with van der Waals surface area (Å²) in [5.74, 6) is 0.486. The molecule has 3 aromatic heterocycles. The predicted molar refractivity (Wildman–Crippen MR) is 95.3 cm³/mol. The molecule has 4 rings (SSSR count). The summed E-state index contributed by atoms with van der Waals surface area (Å²) in [6.45, 7) is 0.575. The van der Waals surface area contributed by atoms with Gasteiger partial charge in [0.05, 0.1) is 25.5 Å². The Balaban J connectivity index is 1.46. The van der Waals surface area contributed by atoms with Gasteiger partial charge in [-0.15, -0.1) is 0 Å². The number of carbonyl (C=O) groups is 1. The zero-order chi connectivity index (χ0) is 17.9. The largest absolute Gasteiger partial charge is 0.497 e. The number of amides is 1. The molecule has 1 aromatic carbocycles. The van der Waals surface area contributed by atoms with Gasteiger partial charge in [-0.05, 0) is 23.8 Å². The molecular weight excluding hydrogens is 332 g/mol. The molecule has 0 aliphatic heterocycles. The van der Waals surface area contributed by atoms with Crippen LogP contribution in [0, 0.1) is 0 Å². The summed E-state index contributed by atoms with van der Waals surface area (Å²) in [6, 6.07) is 11.1. The SMILES string of the molecule is COc1cccc(Cn2cc(NC(=O)c3cc4ncccn4n3)cn2)c1. The Morgan fingerprint density at radius 3 is 3.04 bits per heavy atom. The van der Waals surface area contributed by atoms with Crippen LogP contribution in [-0.2, 0) is 6.54 Å². The van der Waals surface area contributed by atoms with Crippen LogP contribution in [0.1, 0.15) is 16.1 Å². The van der Waals surface area contributed by atoms with Crippen molar-refractivity contribution in [3.8, 4) is 5.75 Å². The molecule has 8 heteroatoms. The van der Waals surface area contributed by atoms with Crippen LogP contribution >= 0.6 is 0 Å². The molecule has 0 aliphatic carbocycles. The van der Waals surface area contributed by atoms with Gasteiger partial charge in [0.1, 0.15) is 5.75 Å². The lowest BCUT2D eigenvalue weighted by Crippen LogP contribution is -2.12. The predicted octanol–water partition coefficient (Wildman–Crippen LogP) is 2.23. The molecule has 0 unspecified atom stereocenters. The Hall–Kier alpha value is -3.68. The highest BCUT2D eigenvalue weighted by molar-refractivity contribution is 6.03. The lowest BCUT2D eigenvalue weighted by Gasteiger charge is -2.04. The Morgan fingerprint density at radius 1 is 1.27 bits per heavy atom. The van der Waals surface area contributed by atoms with Crippen molar-refractivity contribution >= 4 is 17.2 Å². The van der Waals surface area contributed by atoms with E-state index in [1.807, 2.05) is 24.3 Å². The summed E-state index contributed by atoms with van der Waals surface area (Å²) in [6.07, 6.45) is 6.77. The second-order valence-corrected chi connectivity index (χ2v) is 5.68. The monoisotopic (exact) mass is 348 g/mol. The molecule has 0 spiro atoms. The van der Waals surface area contributed by atoms with E-state index in [1.165, 1.54) is 0 Å². The molecule has 0 bridgehead atoms. The zero-order valence-electron chi connectivity index (χ0n) is 14.0. The molecule has 0 atom stereocenters. The lowest BCUT2D eigenvalue weighted by atomic mass is 10.2. The molecule has 26 heavy (non-hydrogen) atoms. The number of fused-ring (bicyclic) bond motifs is 1. The Kier molecular flexibility index (Phi) is 4.06. The van der Waals surface area contributed by atoms with E-state index in [2.05, 4.69) is 20.5 Å². The smallest absolute Gasteiger partial charge is 0.276 e. The van der Waals surface area contributed by atoms with Gasteiger partial charge in [0.25, 0.3) is 5.91 Å². The van der Waals surface area contributed by atoms with Crippen LogP contribution in [0.15, 0.2) is 61.2 Å². The van der Waals surface area contributed by atoms with E-state index in [0.29, 0.717) is 23.6 Å². The molecular formula is C18H16N6O2. The number of carbonyl (C=O) groups excluding carboxylic acids is 1. The first kappa shape index (κ1) is 15.8. The Bertz CT molecular complexity index is 1040. The van der Waals surface area contributed by atoms with Crippen molar-refractivity contribution in [2.75, 3.05) is 12.4 Å². The normalized spacial score (nSPS) is 10.8. The maximum atomic E-state index is 12.4. The number of benzene rings is 1. The van der Waals surface area contributed by atoms with E-state index in [-0.39, 0.29) is 5.91 Å². The maximum absolute atomic E-state index is 12.4. The summed E-state index contributed by atoms with van der Waals surface area (Å²) in [4.78, 5) is 16.5. The lowest BCUT2D eigenvalue weighted by molar-refractivity contribution is 0.102. The van der Waals surface area contributed by atoms with Gasteiger partial charge in [-0.2, -0.15) is 10.2 Å². The van der Waals surface area contributed by atoms with Crippen LogP contribution in [0.25, 0.3) is 5.65 Å². The molecule has 0 saturated heterocycles. The number of nitrogens with one attached hydrogen (secondary N) is 1. The molecule has 0 fully saturated rings. The van der Waals surface area contributed by atoms with Crippen molar-refractivity contribution in [2.45, 2.75) is 6.54 Å². The number of anilines is 1. The molecule has 0 saturated carbocycles. The molecule has 130 valence electrons. The van der Waals surface area contributed by atoms with Crippen molar-refractivity contribution in [3.05, 3.63) is 72.4 Å². The standard InChI is InChI=1S/C18H16N6O2/c1-26-15-5-2-4-13(8-15)11-23-12-14(10-20-23)21-18(25)16-9-17-19-6-3-7-24(17)22-16/h2-10,12H,11H2,1H3,(H,21,25). The number of methoxy groups -OCH3 is 1. The third kappa shape index (κ3) is 3.25. The number of aromatic nitrogens is 5. The highest BCUT2D eigenvalue weighted by Gasteiger charge is 2.12. The average molecular weight is 348 g/mol. The van der Waals surface area contributed by atoms with Gasteiger partial charge < -0.3 is 10.1 Å². The van der Waals surface area contributed by atoms with Gasteiger partial charge in [-0.3, -0.25) is 9.48 Å². The minimum Gasteiger partial charge on any atom is -0.497 e. The Morgan fingerprint density at radius 2 is 2.19 bits per heavy atom. The van der Waals surface area contributed by atoms with E-state index in [0.717, 1.165) is 11.3 Å². The molecule has 1 N–H and O–H groups in total. The second kappa shape index (κ2) is 6.67. The van der Waals surface area contributed by atoms with Gasteiger partial charge in [-0.25, -0.2) is 9.50 Å². The number of nitrogens with zero attached hydrogens (tertiary/aromatic N) is 5. The summed E-state index contributed by atoms with van der Waals surface area (Å²) < 4.78 is 8.53. The van der Waals surface area contributed by atoms with Crippen LogP contribution in [-0.4, -0.2) is 37.4 Å². The number of hydrogen-bond donors (Lipinski definition) is 1. The summed E-state index contributed by atoms with van der Waals surface area (Å²) >= 11 is 0. The molecule has 0 radical (unpaired) electrons. The highest BCUT2D eigenvalue weighted by Crippen LogP contribution is 2.15. The number of hydrogen-bond acceptors (Lipinski definition) is 5. The van der Waals surface area contributed by atoms with Gasteiger partial charge in [0.15, 0.2) is 11.3 Å². The van der Waals surface area contributed by atoms with Crippen molar-refractivity contribution in [1.29, 1.82) is 0 Å². The number of rotatable bonds is 5. The average Bonchev–Trinajstić information content (AvgIpc) is 3.28. The topological polar surface area (TPSA) is 86.3 Å². The first-order valence-corrected chi connectivity index (χ1v) is 7.98. The maximum Gasteiger partial charge on any atom is 0.276 e. The summed E-state index contributed by atoms with van der Waals surface area (Å²) in [7, 11) is 1.63. The van der Waals surface area contributed by atoms with Crippen LogP contribution in [0.3, 0.4) is 0 Å². The third-order valence-electron chi connectivity index (χ3n) is 3.84. The minimum absolute atomic E-state index is 0.296. The minimum atomic E-state index is -0.309. The van der Waals surface area contributed by atoms with Gasteiger partial charge in [-0.1, -0.05) is 12.1 Å². The fourth-order valence-corrected chi connectivity index (χ4v) is 2.61. The van der Waals surface area contributed by atoms with Crippen molar-refractivity contribution < 1.29 is 9.53 Å².